The second kappa shape index (κ2) is 7.11. The van der Waals surface area contributed by atoms with Crippen molar-refractivity contribution in [2.24, 2.45) is 5.14 Å². The lowest BCUT2D eigenvalue weighted by Gasteiger charge is -2.21. The van der Waals surface area contributed by atoms with E-state index in [-0.39, 0.29) is 16.6 Å². The summed E-state index contributed by atoms with van der Waals surface area (Å²) < 4.78 is 49.7. The van der Waals surface area contributed by atoms with Crippen molar-refractivity contribution in [2.45, 2.75) is 15.8 Å². The van der Waals surface area contributed by atoms with Gasteiger partial charge in [-0.3, -0.25) is 0 Å². The van der Waals surface area contributed by atoms with E-state index < -0.39 is 24.4 Å². The van der Waals surface area contributed by atoms with Crippen molar-refractivity contribution in [2.75, 3.05) is 4.31 Å². The van der Waals surface area contributed by atoms with Crippen molar-refractivity contribution in [3.05, 3.63) is 66.2 Å². The predicted molar refractivity (Wildman–Crippen MR) is 97.5 cm³/mol. The van der Waals surface area contributed by atoms with Gasteiger partial charge in [-0.2, -0.15) is 0 Å². The van der Waals surface area contributed by atoms with Crippen LogP contribution in [0.2, 0.25) is 0 Å². The molecule has 0 saturated heterocycles. The average molecular weight is 411 g/mol. The zero-order valence-electron chi connectivity index (χ0n) is 13.3. The zero-order chi connectivity index (χ0) is 18.8. The molecule has 0 aliphatic rings. The van der Waals surface area contributed by atoms with E-state index >= 15 is 0 Å². The fourth-order valence-electron chi connectivity index (χ4n) is 2.14. The van der Waals surface area contributed by atoms with Crippen LogP contribution >= 0.6 is 11.3 Å². The molecule has 0 bridgehead atoms. The Labute approximate surface area is 155 Å². The summed E-state index contributed by atoms with van der Waals surface area (Å²) in [5.74, 6) is 0. The highest BCUT2D eigenvalue weighted by Crippen LogP contribution is 2.29. The van der Waals surface area contributed by atoms with Gasteiger partial charge < -0.3 is 0 Å². The molecule has 136 valence electrons. The standard InChI is InChI=1S/C15H14N4O4S3/c16-25(20,21)15-18-17-14(24-15)19(11-12-7-3-1-4-8-12)26(22,23)13-9-5-2-6-10-13/h1-10H,11H2,(H2,16,20,21). The summed E-state index contributed by atoms with van der Waals surface area (Å²) in [6.07, 6.45) is 0. The number of rotatable bonds is 6. The molecule has 26 heavy (non-hydrogen) atoms. The van der Waals surface area contributed by atoms with Crippen molar-refractivity contribution >= 4 is 36.5 Å². The zero-order valence-corrected chi connectivity index (χ0v) is 15.7. The molecule has 2 N–H and O–H groups in total. The van der Waals surface area contributed by atoms with Crippen molar-refractivity contribution in [3.63, 3.8) is 0 Å². The van der Waals surface area contributed by atoms with E-state index in [0.717, 1.165) is 4.31 Å². The molecule has 1 heterocycles. The Bertz CT molecular complexity index is 1100. The number of hydrogen-bond acceptors (Lipinski definition) is 7. The fraction of sp³-hybridized carbons (Fsp3) is 0.0667. The molecule has 0 atom stereocenters. The van der Waals surface area contributed by atoms with E-state index in [1.165, 1.54) is 12.1 Å². The number of nitrogens with two attached hydrogens (primary N) is 1. The van der Waals surface area contributed by atoms with E-state index in [9.17, 15) is 16.8 Å². The lowest BCUT2D eigenvalue weighted by Crippen LogP contribution is -2.30. The molecule has 0 fully saturated rings. The Morgan fingerprint density at radius 3 is 2.00 bits per heavy atom. The number of benzene rings is 2. The number of aromatic nitrogens is 2. The molecule has 3 aromatic rings. The van der Waals surface area contributed by atoms with Crippen LogP contribution < -0.4 is 9.44 Å². The molecule has 0 radical (unpaired) electrons. The maximum atomic E-state index is 13.1. The normalized spacial score (nSPS) is 12.0. The summed E-state index contributed by atoms with van der Waals surface area (Å²) in [6.45, 7) is -0.0304. The molecular formula is C15H14N4O4S3. The highest BCUT2D eigenvalue weighted by Gasteiger charge is 2.29. The van der Waals surface area contributed by atoms with Crippen LogP contribution in [0.4, 0.5) is 5.13 Å². The molecule has 1 aromatic heterocycles. The third-order valence-electron chi connectivity index (χ3n) is 3.35. The van der Waals surface area contributed by atoms with E-state index in [0.29, 0.717) is 16.9 Å². The third kappa shape index (κ3) is 3.90. The van der Waals surface area contributed by atoms with Crippen LogP contribution in [0.1, 0.15) is 5.56 Å². The molecule has 0 saturated carbocycles. The first-order valence-corrected chi connectivity index (χ1v) is 11.1. The van der Waals surface area contributed by atoms with Crippen LogP contribution in [0.25, 0.3) is 0 Å². The summed E-state index contributed by atoms with van der Waals surface area (Å²) >= 11 is 0.600. The van der Waals surface area contributed by atoms with Gasteiger partial charge in [-0.25, -0.2) is 26.3 Å². The first-order valence-electron chi connectivity index (χ1n) is 7.26. The number of nitrogens with zero attached hydrogens (tertiary/aromatic N) is 3. The van der Waals surface area contributed by atoms with Gasteiger partial charge >= 0.3 is 0 Å². The summed E-state index contributed by atoms with van der Waals surface area (Å²) in [5, 5.41) is 12.2. The molecule has 2 aromatic carbocycles. The summed E-state index contributed by atoms with van der Waals surface area (Å²) in [4.78, 5) is 0.0586. The van der Waals surface area contributed by atoms with Crippen LogP contribution in [0.3, 0.4) is 0 Å². The molecule has 0 aliphatic carbocycles. The predicted octanol–water partition coefficient (Wildman–Crippen LogP) is 1.58. The minimum atomic E-state index is -4.08. The first-order chi connectivity index (χ1) is 12.3. The Morgan fingerprint density at radius 2 is 1.46 bits per heavy atom. The lowest BCUT2D eigenvalue weighted by molar-refractivity contribution is 0.590. The number of hydrogen-bond donors (Lipinski definition) is 1. The van der Waals surface area contributed by atoms with Crippen molar-refractivity contribution in [1.82, 2.24) is 10.2 Å². The Hall–Kier alpha value is -2.34. The highest BCUT2D eigenvalue weighted by molar-refractivity contribution is 7.93. The topological polar surface area (TPSA) is 123 Å². The molecule has 11 heteroatoms. The van der Waals surface area contributed by atoms with Gasteiger partial charge in [-0.15, -0.1) is 10.2 Å². The van der Waals surface area contributed by atoms with Gasteiger partial charge in [0.25, 0.3) is 20.0 Å². The number of sulfonamides is 2. The van der Waals surface area contributed by atoms with Gasteiger partial charge in [0.05, 0.1) is 11.4 Å². The van der Waals surface area contributed by atoms with E-state index in [1.807, 2.05) is 6.07 Å². The molecular weight excluding hydrogens is 396 g/mol. The van der Waals surface area contributed by atoms with Gasteiger partial charge in [0.15, 0.2) is 0 Å². The maximum absolute atomic E-state index is 13.1. The maximum Gasteiger partial charge on any atom is 0.267 e. The van der Waals surface area contributed by atoms with Crippen LogP contribution in [0.15, 0.2) is 69.9 Å². The molecule has 0 spiro atoms. The van der Waals surface area contributed by atoms with Crippen molar-refractivity contribution in [3.8, 4) is 0 Å². The van der Waals surface area contributed by atoms with Gasteiger partial charge in [-0.1, -0.05) is 59.9 Å². The Balaban J connectivity index is 2.09. The lowest BCUT2D eigenvalue weighted by atomic mass is 10.2. The molecule has 0 unspecified atom stereocenters. The van der Waals surface area contributed by atoms with E-state index in [4.69, 9.17) is 5.14 Å². The van der Waals surface area contributed by atoms with Crippen LogP contribution in [-0.4, -0.2) is 27.0 Å². The second-order valence-corrected chi connectivity index (χ2v) is 9.76. The van der Waals surface area contributed by atoms with Crippen LogP contribution in [0, 0.1) is 0 Å². The summed E-state index contributed by atoms with van der Waals surface area (Å²) in [5.41, 5.74) is 0.708. The molecule has 0 amide bonds. The molecule has 3 rings (SSSR count). The number of anilines is 1. The van der Waals surface area contributed by atoms with Crippen LogP contribution in [-0.2, 0) is 26.6 Å². The minimum Gasteiger partial charge on any atom is -0.235 e. The van der Waals surface area contributed by atoms with E-state index in [1.54, 1.807) is 42.5 Å². The summed E-state index contributed by atoms with van der Waals surface area (Å²) in [7, 11) is -8.05. The Morgan fingerprint density at radius 1 is 0.885 bits per heavy atom. The van der Waals surface area contributed by atoms with E-state index in [2.05, 4.69) is 10.2 Å². The quantitative estimate of drug-likeness (QED) is 0.658. The smallest absolute Gasteiger partial charge is 0.235 e. The highest BCUT2D eigenvalue weighted by atomic mass is 32.2. The number of primary sulfonamides is 1. The molecule has 0 aliphatic heterocycles. The largest absolute Gasteiger partial charge is 0.267 e. The third-order valence-corrected chi connectivity index (χ3v) is 7.47. The van der Waals surface area contributed by atoms with Crippen molar-refractivity contribution < 1.29 is 16.8 Å². The van der Waals surface area contributed by atoms with Crippen LogP contribution in [0.5, 0.6) is 0 Å². The Kier molecular flexibility index (Phi) is 5.05. The molecule has 8 nitrogen and oxygen atoms in total. The van der Waals surface area contributed by atoms with Gasteiger partial charge in [0.1, 0.15) is 0 Å². The van der Waals surface area contributed by atoms with Crippen molar-refractivity contribution in [1.29, 1.82) is 0 Å². The first kappa shape index (κ1) is 18.5. The average Bonchev–Trinajstić information content (AvgIpc) is 3.11. The minimum absolute atomic E-state index is 0.0304. The monoisotopic (exact) mass is 410 g/mol. The fourth-order valence-corrected chi connectivity index (χ4v) is 5.19. The van der Waals surface area contributed by atoms with Gasteiger partial charge in [0, 0.05) is 0 Å². The SMILES string of the molecule is NS(=O)(=O)c1nnc(N(Cc2ccccc2)S(=O)(=O)c2ccccc2)s1. The van der Waals surface area contributed by atoms with Gasteiger partial charge in [-0.05, 0) is 17.7 Å². The second-order valence-electron chi connectivity index (χ2n) is 5.21. The van der Waals surface area contributed by atoms with Gasteiger partial charge in [0.2, 0.25) is 9.47 Å². The summed E-state index contributed by atoms with van der Waals surface area (Å²) in [6, 6.07) is 16.7.